The Bertz CT molecular complexity index is 705. The smallest absolute Gasteiger partial charge is 0.338 e. The van der Waals surface area contributed by atoms with Crippen molar-refractivity contribution in [2.24, 2.45) is 0 Å². The van der Waals surface area contributed by atoms with Crippen LogP contribution in [0.25, 0.3) is 0 Å². The van der Waals surface area contributed by atoms with Gasteiger partial charge >= 0.3 is 5.97 Å². The van der Waals surface area contributed by atoms with Crippen molar-refractivity contribution in [3.63, 3.8) is 0 Å². The van der Waals surface area contributed by atoms with Crippen molar-refractivity contribution in [2.75, 3.05) is 6.61 Å². The number of Topliss-reactive ketones (excluding diaryl/α,β-unsaturated/α-hetero) is 1. The van der Waals surface area contributed by atoms with Crippen LogP contribution in [0.5, 0.6) is 0 Å². The highest BCUT2D eigenvalue weighted by atomic mass is 19.1. The van der Waals surface area contributed by atoms with Crippen LogP contribution in [-0.2, 0) is 22.4 Å². The molecule has 23 heavy (non-hydrogen) atoms. The molecule has 3 nitrogen and oxygen atoms in total. The number of ether oxygens (including phenoxy) is 1. The molecule has 0 heterocycles. The Hall–Kier alpha value is -2.49. The Kier molecular flexibility index (Phi) is 5.63. The van der Waals surface area contributed by atoms with Crippen molar-refractivity contribution >= 4 is 11.8 Å². The van der Waals surface area contributed by atoms with Gasteiger partial charge < -0.3 is 4.74 Å². The van der Waals surface area contributed by atoms with E-state index in [1.54, 1.807) is 44.2 Å². The molecular formula is C19H19FO3. The van der Waals surface area contributed by atoms with Gasteiger partial charge in [-0.25, -0.2) is 9.18 Å². The van der Waals surface area contributed by atoms with Crippen molar-refractivity contribution in [1.82, 2.24) is 0 Å². The summed E-state index contributed by atoms with van der Waals surface area (Å²) < 4.78 is 18.0. The second-order valence-corrected chi connectivity index (χ2v) is 5.38. The first-order chi connectivity index (χ1) is 11.0. The zero-order chi connectivity index (χ0) is 16.8. The lowest BCUT2D eigenvalue weighted by Crippen LogP contribution is -2.09. The molecule has 0 amide bonds. The highest BCUT2D eigenvalue weighted by Crippen LogP contribution is 2.13. The van der Waals surface area contributed by atoms with E-state index < -0.39 is 0 Å². The zero-order valence-electron chi connectivity index (χ0n) is 13.3. The lowest BCUT2D eigenvalue weighted by Gasteiger charge is -2.06. The molecule has 0 fully saturated rings. The molecule has 2 rings (SSSR count). The fourth-order valence-corrected chi connectivity index (χ4v) is 2.33. The second-order valence-electron chi connectivity index (χ2n) is 5.38. The molecule has 0 unspecified atom stereocenters. The fraction of sp³-hybridized carbons (Fsp3) is 0.263. The molecule has 0 N–H and O–H groups in total. The zero-order valence-corrected chi connectivity index (χ0v) is 13.3. The fourth-order valence-electron chi connectivity index (χ4n) is 2.33. The molecule has 0 saturated carbocycles. The van der Waals surface area contributed by atoms with Gasteiger partial charge in [0.2, 0.25) is 0 Å². The number of aryl methyl sites for hydroxylation is 1. The van der Waals surface area contributed by atoms with E-state index in [-0.39, 0.29) is 30.4 Å². The van der Waals surface area contributed by atoms with Gasteiger partial charge in [-0.15, -0.1) is 0 Å². The van der Waals surface area contributed by atoms with Crippen LogP contribution in [0, 0.1) is 12.7 Å². The van der Waals surface area contributed by atoms with E-state index in [1.165, 1.54) is 12.1 Å². The molecule has 2 aromatic rings. The minimum atomic E-state index is -0.368. The van der Waals surface area contributed by atoms with Crippen LogP contribution in [0.2, 0.25) is 0 Å². The molecule has 0 aromatic heterocycles. The van der Waals surface area contributed by atoms with E-state index in [0.717, 1.165) is 16.7 Å². The summed E-state index contributed by atoms with van der Waals surface area (Å²) in [6.45, 7) is 3.87. The first-order valence-electron chi connectivity index (χ1n) is 7.52. The van der Waals surface area contributed by atoms with Crippen LogP contribution in [0.3, 0.4) is 0 Å². The summed E-state index contributed by atoms with van der Waals surface area (Å²) in [5, 5.41) is 0. The summed E-state index contributed by atoms with van der Waals surface area (Å²) in [5.74, 6) is -0.621. The van der Waals surface area contributed by atoms with Gasteiger partial charge in [-0.3, -0.25) is 4.79 Å². The number of hydrogen-bond acceptors (Lipinski definition) is 3. The van der Waals surface area contributed by atoms with E-state index in [2.05, 4.69) is 0 Å². The Labute approximate surface area is 135 Å². The van der Waals surface area contributed by atoms with Crippen LogP contribution in [0.4, 0.5) is 4.39 Å². The van der Waals surface area contributed by atoms with Crippen LogP contribution in [-0.4, -0.2) is 18.4 Å². The third-order valence-corrected chi connectivity index (χ3v) is 3.56. The normalized spacial score (nSPS) is 10.4. The monoisotopic (exact) mass is 314 g/mol. The molecule has 0 aliphatic rings. The van der Waals surface area contributed by atoms with Gasteiger partial charge in [0.15, 0.2) is 0 Å². The second kappa shape index (κ2) is 7.68. The van der Waals surface area contributed by atoms with E-state index in [9.17, 15) is 14.0 Å². The number of halogens is 1. The quantitative estimate of drug-likeness (QED) is 0.764. The molecule has 0 saturated heterocycles. The Balaban J connectivity index is 1.98. The maximum absolute atomic E-state index is 13.1. The van der Waals surface area contributed by atoms with Gasteiger partial charge in [-0.05, 0) is 54.8 Å². The standard InChI is InChI=1S/C19H19FO3/c1-3-23-19(22)15-6-4-14(5-7-15)11-18(21)12-16-8-9-17(20)10-13(16)2/h4-10H,3,11-12H2,1-2H3. The first-order valence-corrected chi connectivity index (χ1v) is 7.52. The lowest BCUT2D eigenvalue weighted by atomic mass is 9.99. The van der Waals surface area contributed by atoms with Gasteiger partial charge in [0, 0.05) is 12.8 Å². The summed E-state index contributed by atoms with van der Waals surface area (Å²) in [4.78, 5) is 23.7. The van der Waals surface area contributed by atoms with Crippen molar-refractivity contribution in [3.05, 3.63) is 70.5 Å². The topological polar surface area (TPSA) is 43.4 Å². The minimum absolute atomic E-state index is 0.0450. The van der Waals surface area contributed by atoms with E-state index >= 15 is 0 Å². The number of ketones is 1. The Morgan fingerprint density at radius 3 is 2.35 bits per heavy atom. The molecule has 0 aliphatic carbocycles. The van der Waals surface area contributed by atoms with Crippen molar-refractivity contribution in [1.29, 1.82) is 0 Å². The predicted molar refractivity (Wildman–Crippen MR) is 86.0 cm³/mol. The first kappa shape index (κ1) is 16.9. The maximum Gasteiger partial charge on any atom is 0.338 e. The number of esters is 1. The highest BCUT2D eigenvalue weighted by molar-refractivity contribution is 5.89. The highest BCUT2D eigenvalue weighted by Gasteiger charge is 2.10. The van der Waals surface area contributed by atoms with Crippen LogP contribution in [0.15, 0.2) is 42.5 Å². The molecule has 4 heteroatoms. The van der Waals surface area contributed by atoms with E-state index in [1.807, 2.05) is 0 Å². The van der Waals surface area contributed by atoms with E-state index in [4.69, 9.17) is 4.74 Å². The average Bonchev–Trinajstić information content (AvgIpc) is 2.51. The van der Waals surface area contributed by atoms with Gasteiger partial charge in [0.05, 0.1) is 12.2 Å². The third-order valence-electron chi connectivity index (χ3n) is 3.56. The summed E-state index contributed by atoms with van der Waals surface area (Å²) >= 11 is 0. The maximum atomic E-state index is 13.1. The van der Waals surface area contributed by atoms with Crippen molar-refractivity contribution in [3.8, 4) is 0 Å². The number of rotatable bonds is 6. The Morgan fingerprint density at radius 1 is 1.04 bits per heavy atom. The molecule has 0 atom stereocenters. The molecule has 0 bridgehead atoms. The molecule has 0 aliphatic heterocycles. The molecule has 0 radical (unpaired) electrons. The predicted octanol–water partition coefficient (Wildman–Crippen LogP) is 3.67. The van der Waals surface area contributed by atoms with Crippen LogP contribution < -0.4 is 0 Å². The lowest BCUT2D eigenvalue weighted by molar-refractivity contribution is -0.117. The van der Waals surface area contributed by atoms with Gasteiger partial charge in [0.25, 0.3) is 0 Å². The molecule has 2 aromatic carbocycles. The number of benzene rings is 2. The number of carbonyl (C=O) groups is 2. The minimum Gasteiger partial charge on any atom is -0.462 e. The average molecular weight is 314 g/mol. The van der Waals surface area contributed by atoms with Crippen LogP contribution >= 0.6 is 0 Å². The number of carbonyl (C=O) groups excluding carboxylic acids is 2. The largest absolute Gasteiger partial charge is 0.462 e. The summed E-state index contributed by atoms with van der Waals surface area (Å²) in [5.41, 5.74) is 2.91. The van der Waals surface area contributed by atoms with Crippen molar-refractivity contribution < 1.29 is 18.7 Å². The summed E-state index contributed by atoms with van der Waals surface area (Å²) in [6.07, 6.45) is 0.547. The van der Waals surface area contributed by atoms with Crippen molar-refractivity contribution in [2.45, 2.75) is 26.7 Å². The van der Waals surface area contributed by atoms with E-state index in [0.29, 0.717) is 12.2 Å². The van der Waals surface area contributed by atoms with Gasteiger partial charge in [-0.1, -0.05) is 18.2 Å². The number of hydrogen-bond donors (Lipinski definition) is 0. The van der Waals surface area contributed by atoms with Gasteiger partial charge in [0.1, 0.15) is 11.6 Å². The van der Waals surface area contributed by atoms with Crippen LogP contribution in [0.1, 0.15) is 34.0 Å². The molecule has 120 valence electrons. The third kappa shape index (κ3) is 4.74. The molecular weight excluding hydrogens is 295 g/mol. The van der Waals surface area contributed by atoms with Gasteiger partial charge in [-0.2, -0.15) is 0 Å². The SMILES string of the molecule is CCOC(=O)c1ccc(CC(=O)Cc2ccc(F)cc2C)cc1. The molecule has 0 spiro atoms. The summed E-state index contributed by atoms with van der Waals surface area (Å²) in [6, 6.07) is 11.3. The Morgan fingerprint density at radius 2 is 1.74 bits per heavy atom. The summed E-state index contributed by atoms with van der Waals surface area (Å²) in [7, 11) is 0.